The molecule has 17 heavy (non-hydrogen) atoms. The number of hydrogen-bond acceptors (Lipinski definition) is 2. The van der Waals surface area contributed by atoms with Crippen LogP contribution < -0.4 is 11.1 Å². The Labute approximate surface area is 102 Å². The van der Waals surface area contributed by atoms with Gasteiger partial charge in [0.2, 0.25) is 0 Å². The van der Waals surface area contributed by atoms with E-state index in [2.05, 4.69) is 5.32 Å². The van der Waals surface area contributed by atoms with Crippen molar-refractivity contribution in [3.63, 3.8) is 0 Å². The third-order valence-electron chi connectivity index (χ3n) is 3.54. The normalized spacial score (nSPS) is 19.2. The van der Waals surface area contributed by atoms with Gasteiger partial charge in [0, 0.05) is 0 Å². The van der Waals surface area contributed by atoms with Crippen molar-refractivity contribution in [3.05, 3.63) is 35.4 Å². The van der Waals surface area contributed by atoms with Crippen LogP contribution in [0.5, 0.6) is 0 Å². The highest BCUT2D eigenvalue weighted by atomic mass is 19.1. The van der Waals surface area contributed by atoms with Gasteiger partial charge in [-0.2, -0.15) is 0 Å². The summed E-state index contributed by atoms with van der Waals surface area (Å²) >= 11 is 0. The first-order chi connectivity index (χ1) is 8.24. The molecule has 1 aromatic carbocycles. The molecule has 0 radical (unpaired) electrons. The lowest BCUT2D eigenvalue weighted by atomic mass is 9.86. The summed E-state index contributed by atoms with van der Waals surface area (Å²) in [5.74, 6) is 0. The van der Waals surface area contributed by atoms with Crippen molar-refractivity contribution in [2.24, 2.45) is 5.73 Å². The zero-order valence-corrected chi connectivity index (χ0v) is 10.2. The van der Waals surface area contributed by atoms with Crippen molar-refractivity contribution in [2.45, 2.75) is 31.4 Å². The fourth-order valence-electron chi connectivity index (χ4n) is 2.39. The molecule has 0 amide bonds. The van der Waals surface area contributed by atoms with Crippen molar-refractivity contribution in [2.75, 3.05) is 19.6 Å². The van der Waals surface area contributed by atoms with Crippen LogP contribution in [0.25, 0.3) is 0 Å². The van der Waals surface area contributed by atoms with E-state index in [-0.39, 0.29) is 0 Å². The van der Waals surface area contributed by atoms with E-state index in [1.807, 2.05) is 24.3 Å². The highest BCUT2D eigenvalue weighted by molar-refractivity contribution is 5.28. The monoisotopic (exact) mass is 236 g/mol. The minimum atomic E-state index is -1.13. The molecule has 1 aromatic rings. The molecule has 1 aliphatic rings. The summed E-state index contributed by atoms with van der Waals surface area (Å²) in [6, 6.07) is 7.96. The van der Waals surface area contributed by atoms with Crippen molar-refractivity contribution >= 4 is 0 Å². The van der Waals surface area contributed by atoms with Crippen molar-refractivity contribution in [3.8, 4) is 0 Å². The van der Waals surface area contributed by atoms with Gasteiger partial charge in [0.05, 0.1) is 0 Å². The molecule has 3 N–H and O–H groups in total. The average molecular weight is 236 g/mol. The molecule has 0 spiro atoms. The number of benzene rings is 1. The summed E-state index contributed by atoms with van der Waals surface area (Å²) in [7, 11) is 0. The summed E-state index contributed by atoms with van der Waals surface area (Å²) < 4.78 is 14.6. The molecular formula is C14H21FN2. The van der Waals surface area contributed by atoms with Gasteiger partial charge in [-0.1, -0.05) is 24.3 Å². The number of nitrogens with one attached hydrogen (secondary N) is 1. The highest BCUT2D eigenvalue weighted by Crippen LogP contribution is 2.34. The standard InChI is InChI=1S/C14H21FN2/c15-14(7-10-17-11-8-14)13-5-3-12(4-6-13)2-1-9-16/h3-6,17H,1-2,7-11,16H2. The number of piperidine rings is 1. The number of alkyl halides is 1. The fraction of sp³-hybridized carbons (Fsp3) is 0.571. The zero-order chi connectivity index (χ0) is 12.1. The van der Waals surface area contributed by atoms with Crippen LogP contribution in [0.3, 0.4) is 0 Å². The molecule has 0 bridgehead atoms. The maximum absolute atomic E-state index is 14.6. The summed E-state index contributed by atoms with van der Waals surface area (Å²) in [6.07, 6.45) is 3.13. The van der Waals surface area contributed by atoms with Gasteiger partial charge in [-0.05, 0) is 56.4 Å². The summed E-state index contributed by atoms with van der Waals surface area (Å²) in [5, 5.41) is 3.20. The van der Waals surface area contributed by atoms with Gasteiger partial charge in [-0.15, -0.1) is 0 Å². The first-order valence-corrected chi connectivity index (χ1v) is 6.44. The fourth-order valence-corrected chi connectivity index (χ4v) is 2.39. The molecule has 2 nitrogen and oxygen atoms in total. The second kappa shape index (κ2) is 5.61. The SMILES string of the molecule is NCCCc1ccc(C2(F)CCNCC2)cc1. The van der Waals surface area contributed by atoms with E-state index in [9.17, 15) is 4.39 Å². The molecule has 1 fully saturated rings. The number of halogens is 1. The third-order valence-corrected chi connectivity index (χ3v) is 3.54. The summed E-state index contributed by atoms with van der Waals surface area (Å²) in [5.41, 5.74) is 6.43. The van der Waals surface area contributed by atoms with Gasteiger partial charge in [-0.25, -0.2) is 4.39 Å². The molecule has 1 aliphatic heterocycles. The van der Waals surface area contributed by atoms with Crippen LogP contribution in [0, 0.1) is 0 Å². The van der Waals surface area contributed by atoms with Gasteiger partial charge < -0.3 is 11.1 Å². The minimum Gasteiger partial charge on any atom is -0.330 e. The van der Waals surface area contributed by atoms with E-state index in [0.717, 1.165) is 31.5 Å². The van der Waals surface area contributed by atoms with E-state index in [1.165, 1.54) is 5.56 Å². The topological polar surface area (TPSA) is 38.0 Å². The van der Waals surface area contributed by atoms with E-state index < -0.39 is 5.67 Å². The number of aryl methyl sites for hydroxylation is 1. The van der Waals surface area contributed by atoms with Crippen LogP contribution in [0.4, 0.5) is 4.39 Å². The average Bonchev–Trinajstić information content (AvgIpc) is 2.38. The number of hydrogen-bond donors (Lipinski definition) is 2. The smallest absolute Gasteiger partial charge is 0.138 e. The van der Waals surface area contributed by atoms with E-state index in [0.29, 0.717) is 19.4 Å². The Morgan fingerprint density at radius 2 is 1.82 bits per heavy atom. The Bertz CT molecular complexity index is 342. The van der Waals surface area contributed by atoms with Crippen LogP contribution in [-0.2, 0) is 12.1 Å². The highest BCUT2D eigenvalue weighted by Gasteiger charge is 2.33. The molecule has 2 rings (SSSR count). The van der Waals surface area contributed by atoms with Crippen LogP contribution in [-0.4, -0.2) is 19.6 Å². The molecule has 1 saturated heterocycles. The minimum absolute atomic E-state index is 0.579. The lowest BCUT2D eigenvalue weighted by Crippen LogP contribution is -2.36. The van der Waals surface area contributed by atoms with Crippen molar-refractivity contribution in [1.82, 2.24) is 5.32 Å². The van der Waals surface area contributed by atoms with Gasteiger partial charge in [0.25, 0.3) is 0 Å². The first kappa shape index (κ1) is 12.5. The molecule has 3 heteroatoms. The predicted molar refractivity (Wildman–Crippen MR) is 68.7 cm³/mol. The van der Waals surface area contributed by atoms with Gasteiger partial charge in [0.1, 0.15) is 5.67 Å². The predicted octanol–water partition coefficient (Wildman–Crippen LogP) is 2.13. The molecule has 0 unspecified atom stereocenters. The number of nitrogens with two attached hydrogens (primary N) is 1. The maximum atomic E-state index is 14.6. The maximum Gasteiger partial charge on any atom is 0.138 e. The van der Waals surface area contributed by atoms with E-state index in [4.69, 9.17) is 5.73 Å². The Morgan fingerprint density at radius 1 is 1.18 bits per heavy atom. The molecule has 0 atom stereocenters. The first-order valence-electron chi connectivity index (χ1n) is 6.44. The Kier molecular flexibility index (Phi) is 4.13. The van der Waals surface area contributed by atoms with Crippen LogP contribution in [0.1, 0.15) is 30.4 Å². The molecule has 0 aliphatic carbocycles. The largest absolute Gasteiger partial charge is 0.330 e. The molecule has 0 saturated carbocycles. The Balaban J connectivity index is 2.06. The van der Waals surface area contributed by atoms with E-state index in [1.54, 1.807) is 0 Å². The molecular weight excluding hydrogens is 215 g/mol. The lowest BCUT2D eigenvalue weighted by Gasteiger charge is -2.30. The van der Waals surface area contributed by atoms with Crippen molar-refractivity contribution < 1.29 is 4.39 Å². The Hall–Kier alpha value is -0.930. The second-order valence-corrected chi connectivity index (χ2v) is 4.80. The Morgan fingerprint density at radius 3 is 2.41 bits per heavy atom. The summed E-state index contributed by atoms with van der Waals surface area (Å²) in [6.45, 7) is 2.25. The molecule has 1 heterocycles. The van der Waals surface area contributed by atoms with E-state index >= 15 is 0 Å². The summed E-state index contributed by atoms with van der Waals surface area (Å²) in [4.78, 5) is 0. The molecule has 94 valence electrons. The van der Waals surface area contributed by atoms with Crippen LogP contribution in [0.15, 0.2) is 24.3 Å². The molecule has 0 aromatic heterocycles. The third kappa shape index (κ3) is 3.05. The second-order valence-electron chi connectivity index (χ2n) is 4.80. The van der Waals surface area contributed by atoms with Crippen molar-refractivity contribution in [1.29, 1.82) is 0 Å². The van der Waals surface area contributed by atoms with Gasteiger partial charge >= 0.3 is 0 Å². The van der Waals surface area contributed by atoms with Gasteiger partial charge in [0.15, 0.2) is 0 Å². The number of rotatable bonds is 4. The van der Waals surface area contributed by atoms with Gasteiger partial charge in [-0.3, -0.25) is 0 Å². The zero-order valence-electron chi connectivity index (χ0n) is 10.2. The lowest BCUT2D eigenvalue weighted by molar-refractivity contribution is 0.115. The van der Waals surface area contributed by atoms with Crippen LogP contribution >= 0.6 is 0 Å². The quantitative estimate of drug-likeness (QED) is 0.840. The van der Waals surface area contributed by atoms with Crippen LogP contribution in [0.2, 0.25) is 0 Å².